The average Bonchev–Trinajstić information content (AvgIpc) is 2.78. The third-order valence-electron chi connectivity index (χ3n) is 2.30. The van der Waals surface area contributed by atoms with Crippen LogP contribution in [0.25, 0.3) is 10.6 Å². The number of methoxy groups -OCH3 is 1. The molecule has 4 heteroatoms. The van der Waals surface area contributed by atoms with E-state index >= 15 is 0 Å². The monoisotopic (exact) mass is 237 g/mol. The van der Waals surface area contributed by atoms with Crippen LogP contribution >= 0.6 is 11.3 Å². The van der Waals surface area contributed by atoms with Gasteiger partial charge in [0, 0.05) is 16.6 Å². The fraction of sp³-hybridized carbons (Fsp3) is 0.250. The summed E-state index contributed by atoms with van der Waals surface area (Å²) in [5, 5.41) is 0.898. The van der Waals surface area contributed by atoms with Gasteiger partial charge in [0.05, 0.1) is 7.11 Å². The zero-order valence-corrected chi connectivity index (χ0v) is 9.97. The summed E-state index contributed by atoms with van der Waals surface area (Å²) in [6, 6.07) is 4.80. The maximum atomic E-state index is 13.2. The molecule has 2 rings (SSSR count). The summed E-state index contributed by atoms with van der Waals surface area (Å²) >= 11 is 1.62. The van der Waals surface area contributed by atoms with Gasteiger partial charge < -0.3 is 4.74 Å². The molecule has 0 atom stereocenters. The van der Waals surface area contributed by atoms with Crippen molar-refractivity contribution in [3.05, 3.63) is 35.1 Å². The van der Waals surface area contributed by atoms with Crippen molar-refractivity contribution in [3.8, 4) is 16.3 Å². The quantitative estimate of drug-likeness (QED) is 0.814. The lowest BCUT2D eigenvalue weighted by atomic mass is 10.2. The minimum atomic E-state index is -0.349. The van der Waals surface area contributed by atoms with Gasteiger partial charge in [-0.3, -0.25) is 0 Å². The van der Waals surface area contributed by atoms with E-state index in [0.717, 1.165) is 17.0 Å². The second-order valence-electron chi connectivity index (χ2n) is 3.33. The van der Waals surface area contributed by atoms with E-state index in [1.165, 1.54) is 18.1 Å². The van der Waals surface area contributed by atoms with Crippen molar-refractivity contribution in [1.82, 2.24) is 4.98 Å². The first-order chi connectivity index (χ1) is 7.74. The lowest BCUT2D eigenvalue weighted by Crippen LogP contribution is -1.88. The second kappa shape index (κ2) is 4.61. The Labute approximate surface area is 97.7 Å². The van der Waals surface area contributed by atoms with Gasteiger partial charge in [0.15, 0.2) is 11.6 Å². The number of hydrogen-bond acceptors (Lipinski definition) is 3. The zero-order chi connectivity index (χ0) is 11.5. The molecule has 0 bridgehead atoms. The standard InChI is InChI=1S/C12H12FNOS/c1-3-9-7-14-12(16-9)8-4-5-10(13)11(6-8)15-2/h4-7H,3H2,1-2H3. The molecule has 0 unspecified atom stereocenters. The van der Waals surface area contributed by atoms with Crippen LogP contribution in [0.5, 0.6) is 5.75 Å². The van der Waals surface area contributed by atoms with Crippen LogP contribution in [0.3, 0.4) is 0 Å². The highest BCUT2D eigenvalue weighted by atomic mass is 32.1. The molecule has 0 saturated carbocycles. The van der Waals surface area contributed by atoms with Gasteiger partial charge in [-0.15, -0.1) is 11.3 Å². The van der Waals surface area contributed by atoms with Gasteiger partial charge in [0.1, 0.15) is 5.01 Å². The van der Waals surface area contributed by atoms with E-state index in [1.807, 2.05) is 6.20 Å². The Morgan fingerprint density at radius 3 is 2.88 bits per heavy atom. The first-order valence-electron chi connectivity index (χ1n) is 5.03. The van der Waals surface area contributed by atoms with Gasteiger partial charge >= 0.3 is 0 Å². The van der Waals surface area contributed by atoms with Crippen LogP contribution in [-0.4, -0.2) is 12.1 Å². The fourth-order valence-electron chi connectivity index (χ4n) is 1.40. The van der Waals surface area contributed by atoms with Crippen LogP contribution in [0.15, 0.2) is 24.4 Å². The largest absolute Gasteiger partial charge is 0.494 e. The summed E-state index contributed by atoms with van der Waals surface area (Å²) < 4.78 is 18.2. The summed E-state index contributed by atoms with van der Waals surface area (Å²) in [5.41, 5.74) is 0.892. The first kappa shape index (κ1) is 11.1. The number of rotatable bonds is 3. The van der Waals surface area contributed by atoms with Crippen LogP contribution in [0, 0.1) is 5.82 Å². The molecule has 16 heavy (non-hydrogen) atoms. The number of aromatic nitrogens is 1. The van der Waals surface area contributed by atoms with Crippen LogP contribution < -0.4 is 4.74 Å². The van der Waals surface area contributed by atoms with Gasteiger partial charge in [-0.2, -0.15) is 0 Å². The van der Waals surface area contributed by atoms with E-state index in [1.54, 1.807) is 23.5 Å². The molecule has 1 aromatic carbocycles. The molecule has 0 amide bonds. The number of halogens is 1. The van der Waals surface area contributed by atoms with Gasteiger partial charge in [0.2, 0.25) is 0 Å². The molecule has 0 N–H and O–H groups in total. The van der Waals surface area contributed by atoms with Gasteiger partial charge in [0.25, 0.3) is 0 Å². The highest BCUT2D eigenvalue weighted by Gasteiger charge is 2.08. The van der Waals surface area contributed by atoms with Crippen molar-refractivity contribution in [2.75, 3.05) is 7.11 Å². The third-order valence-corrected chi connectivity index (χ3v) is 3.49. The molecule has 0 aliphatic carbocycles. The number of benzene rings is 1. The maximum absolute atomic E-state index is 13.2. The average molecular weight is 237 g/mol. The Balaban J connectivity index is 2.40. The summed E-state index contributed by atoms with van der Waals surface area (Å²) in [6.07, 6.45) is 2.83. The molecule has 2 aromatic rings. The molecular weight excluding hydrogens is 225 g/mol. The van der Waals surface area contributed by atoms with Crippen molar-refractivity contribution < 1.29 is 9.13 Å². The van der Waals surface area contributed by atoms with Crippen LogP contribution in [0.4, 0.5) is 4.39 Å². The molecular formula is C12H12FNOS. The Hall–Kier alpha value is -1.42. The van der Waals surface area contributed by atoms with Crippen LogP contribution in [-0.2, 0) is 6.42 Å². The Kier molecular flexibility index (Phi) is 3.19. The zero-order valence-electron chi connectivity index (χ0n) is 9.16. The van der Waals surface area contributed by atoms with Crippen molar-refractivity contribution in [2.24, 2.45) is 0 Å². The third kappa shape index (κ3) is 2.07. The van der Waals surface area contributed by atoms with E-state index in [2.05, 4.69) is 11.9 Å². The minimum absolute atomic E-state index is 0.255. The van der Waals surface area contributed by atoms with E-state index in [4.69, 9.17) is 4.74 Å². The lowest BCUT2D eigenvalue weighted by Gasteiger charge is -2.03. The molecule has 1 heterocycles. The lowest BCUT2D eigenvalue weighted by molar-refractivity contribution is 0.387. The van der Waals surface area contributed by atoms with Crippen molar-refractivity contribution in [2.45, 2.75) is 13.3 Å². The summed E-state index contributed by atoms with van der Waals surface area (Å²) in [4.78, 5) is 5.52. The smallest absolute Gasteiger partial charge is 0.165 e. The maximum Gasteiger partial charge on any atom is 0.165 e. The number of ether oxygens (including phenoxy) is 1. The Morgan fingerprint density at radius 2 is 2.25 bits per heavy atom. The molecule has 0 fully saturated rings. The molecule has 0 spiro atoms. The summed E-state index contributed by atoms with van der Waals surface area (Å²) in [7, 11) is 1.46. The number of nitrogens with zero attached hydrogens (tertiary/aromatic N) is 1. The fourth-order valence-corrected chi connectivity index (χ4v) is 2.25. The number of aryl methyl sites for hydroxylation is 1. The molecule has 84 valence electrons. The van der Waals surface area contributed by atoms with Gasteiger partial charge in [-0.25, -0.2) is 9.37 Å². The van der Waals surface area contributed by atoms with Gasteiger partial charge in [-0.05, 0) is 24.6 Å². The molecule has 0 radical (unpaired) electrons. The highest BCUT2D eigenvalue weighted by Crippen LogP contribution is 2.29. The Bertz CT molecular complexity index is 496. The van der Waals surface area contributed by atoms with E-state index in [9.17, 15) is 4.39 Å². The van der Waals surface area contributed by atoms with E-state index < -0.39 is 0 Å². The van der Waals surface area contributed by atoms with Crippen LogP contribution in [0.1, 0.15) is 11.8 Å². The molecule has 0 saturated heterocycles. The Morgan fingerprint density at radius 1 is 1.44 bits per heavy atom. The molecule has 0 aliphatic heterocycles. The SMILES string of the molecule is CCc1cnc(-c2ccc(F)c(OC)c2)s1. The van der Waals surface area contributed by atoms with Crippen molar-refractivity contribution >= 4 is 11.3 Å². The van der Waals surface area contributed by atoms with Crippen LogP contribution in [0.2, 0.25) is 0 Å². The number of thiazole rings is 1. The molecule has 0 aliphatic rings. The van der Waals surface area contributed by atoms with Crippen molar-refractivity contribution in [3.63, 3.8) is 0 Å². The second-order valence-corrected chi connectivity index (χ2v) is 4.45. The predicted octanol–water partition coefficient (Wildman–Crippen LogP) is 3.52. The van der Waals surface area contributed by atoms with Gasteiger partial charge in [-0.1, -0.05) is 6.92 Å². The molecule has 2 nitrogen and oxygen atoms in total. The summed E-state index contributed by atoms with van der Waals surface area (Å²) in [5.74, 6) is -0.0933. The topological polar surface area (TPSA) is 22.1 Å². The molecule has 1 aromatic heterocycles. The normalized spacial score (nSPS) is 10.4. The minimum Gasteiger partial charge on any atom is -0.494 e. The summed E-state index contributed by atoms with van der Waals surface area (Å²) in [6.45, 7) is 2.09. The number of hydrogen-bond donors (Lipinski definition) is 0. The first-order valence-corrected chi connectivity index (χ1v) is 5.85. The van der Waals surface area contributed by atoms with Crippen molar-refractivity contribution in [1.29, 1.82) is 0 Å². The van der Waals surface area contributed by atoms with E-state index in [-0.39, 0.29) is 11.6 Å². The van der Waals surface area contributed by atoms with E-state index in [0.29, 0.717) is 0 Å². The highest BCUT2D eigenvalue weighted by molar-refractivity contribution is 7.15. The predicted molar refractivity (Wildman–Crippen MR) is 63.4 cm³/mol.